The fourth-order valence-electron chi connectivity index (χ4n) is 1.68. The molecule has 0 spiro atoms. The van der Waals surface area contributed by atoms with Crippen LogP contribution in [0.25, 0.3) is 16.9 Å². The van der Waals surface area contributed by atoms with Crippen LogP contribution in [0.5, 0.6) is 0 Å². The van der Waals surface area contributed by atoms with E-state index in [4.69, 9.17) is 4.98 Å². The number of rotatable bonds is 3. The Balaban J connectivity index is 2.20. The quantitative estimate of drug-likeness (QED) is 0.533. The van der Waals surface area contributed by atoms with Crippen molar-refractivity contribution in [2.45, 2.75) is 12.1 Å². The first-order chi connectivity index (χ1) is 8.38. The van der Waals surface area contributed by atoms with Crippen molar-refractivity contribution in [3.05, 3.63) is 35.3 Å². The second kappa shape index (κ2) is 4.50. The molecule has 0 aliphatic heterocycles. The molecule has 0 saturated carbocycles. The van der Waals surface area contributed by atoms with Crippen LogP contribution in [-0.2, 0) is 0 Å². The van der Waals surface area contributed by atoms with Crippen molar-refractivity contribution in [3.63, 3.8) is 0 Å². The fourth-order valence-corrected chi connectivity index (χ4v) is 3.05. The zero-order valence-corrected chi connectivity index (χ0v) is 11.0. The second-order valence-corrected chi connectivity index (χ2v) is 5.54. The number of fused-ring (bicyclic) bond motifs is 1. The predicted octanol–water partition coefficient (Wildman–Crippen LogP) is 3.57. The van der Waals surface area contributed by atoms with Gasteiger partial charge in [0.05, 0.1) is 5.69 Å². The van der Waals surface area contributed by atoms with E-state index in [2.05, 4.69) is 28.7 Å². The molecule has 0 atom stereocenters. The molecular formula is C12H11N3S2. The molecule has 3 rings (SSSR count). The van der Waals surface area contributed by atoms with Crippen molar-refractivity contribution in [1.29, 1.82) is 0 Å². The van der Waals surface area contributed by atoms with E-state index in [1.54, 1.807) is 23.1 Å². The molecule has 0 N–H and O–H groups in total. The van der Waals surface area contributed by atoms with Gasteiger partial charge in [0.2, 0.25) is 0 Å². The summed E-state index contributed by atoms with van der Waals surface area (Å²) >= 11 is 3.42. The SMILES string of the molecule is CCSc1nc(-c2ccsc2)cc2nccn12. The highest BCUT2D eigenvalue weighted by Gasteiger charge is 2.08. The first-order valence-corrected chi connectivity index (χ1v) is 7.31. The van der Waals surface area contributed by atoms with Gasteiger partial charge in [-0.3, -0.25) is 4.40 Å². The van der Waals surface area contributed by atoms with Gasteiger partial charge in [-0.2, -0.15) is 11.3 Å². The molecule has 0 aliphatic rings. The van der Waals surface area contributed by atoms with Crippen molar-refractivity contribution < 1.29 is 0 Å². The summed E-state index contributed by atoms with van der Waals surface area (Å²) < 4.78 is 2.03. The third-order valence-electron chi connectivity index (χ3n) is 2.45. The number of thioether (sulfide) groups is 1. The zero-order chi connectivity index (χ0) is 11.7. The van der Waals surface area contributed by atoms with Gasteiger partial charge in [0.25, 0.3) is 0 Å². The Morgan fingerprint density at radius 3 is 3.18 bits per heavy atom. The summed E-state index contributed by atoms with van der Waals surface area (Å²) in [6.07, 6.45) is 3.77. The Labute approximate surface area is 108 Å². The minimum Gasteiger partial charge on any atom is -0.279 e. The lowest BCUT2D eigenvalue weighted by atomic mass is 10.2. The van der Waals surface area contributed by atoms with Gasteiger partial charge in [-0.1, -0.05) is 18.7 Å². The summed E-state index contributed by atoms with van der Waals surface area (Å²) in [5.74, 6) is 1.01. The molecule has 3 aromatic heterocycles. The molecule has 0 unspecified atom stereocenters. The normalized spacial score (nSPS) is 11.1. The number of imidazole rings is 1. The molecule has 3 nitrogen and oxygen atoms in total. The van der Waals surface area contributed by atoms with Crippen molar-refractivity contribution in [2.24, 2.45) is 0 Å². The van der Waals surface area contributed by atoms with Gasteiger partial charge in [0.1, 0.15) is 5.65 Å². The fraction of sp³-hybridized carbons (Fsp3) is 0.167. The zero-order valence-electron chi connectivity index (χ0n) is 9.33. The molecular weight excluding hydrogens is 250 g/mol. The molecule has 0 fully saturated rings. The van der Waals surface area contributed by atoms with E-state index in [1.165, 1.54) is 5.56 Å². The molecule has 0 amide bonds. The van der Waals surface area contributed by atoms with Crippen LogP contribution in [0.2, 0.25) is 0 Å². The van der Waals surface area contributed by atoms with Crippen molar-refractivity contribution >= 4 is 28.7 Å². The van der Waals surface area contributed by atoms with Crippen molar-refractivity contribution in [2.75, 3.05) is 5.75 Å². The monoisotopic (exact) mass is 261 g/mol. The van der Waals surface area contributed by atoms with Crippen LogP contribution in [0.4, 0.5) is 0 Å². The van der Waals surface area contributed by atoms with Gasteiger partial charge in [-0.05, 0) is 17.2 Å². The molecule has 86 valence electrons. The lowest BCUT2D eigenvalue weighted by Gasteiger charge is -2.05. The Hall–Kier alpha value is -1.33. The third-order valence-corrected chi connectivity index (χ3v) is 3.97. The van der Waals surface area contributed by atoms with Gasteiger partial charge in [-0.25, -0.2) is 9.97 Å². The van der Waals surface area contributed by atoms with Crippen LogP contribution in [0.1, 0.15) is 6.92 Å². The topological polar surface area (TPSA) is 30.2 Å². The molecule has 0 aliphatic carbocycles. The first-order valence-electron chi connectivity index (χ1n) is 5.38. The van der Waals surface area contributed by atoms with Crippen LogP contribution in [0.3, 0.4) is 0 Å². The van der Waals surface area contributed by atoms with Gasteiger partial charge >= 0.3 is 0 Å². The maximum absolute atomic E-state index is 4.70. The smallest absolute Gasteiger partial charge is 0.174 e. The molecule has 0 aromatic carbocycles. The van der Waals surface area contributed by atoms with Gasteiger partial charge in [0, 0.05) is 29.4 Å². The lowest BCUT2D eigenvalue weighted by Crippen LogP contribution is -1.95. The van der Waals surface area contributed by atoms with Crippen LogP contribution in [0, 0.1) is 0 Å². The second-order valence-electron chi connectivity index (χ2n) is 3.52. The third kappa shape index (κ3) is 1.96. The van der Waals surface area contributed by atoms with Crippen molar-refractivity contribution in [3.8, 4) is 11.3 Å². The molecule has 17 heavy (non-hydrogen) atoms. The minimum absolute atomic E-state index is 0.956. The standard InChI is InChI=1S/C12H11N3S2/c1-2-17-12-14-10(9-3-6-16-8-9)7-11-13-4-5-15(11)12/h3-8H,2H2,1H3. The number of hydrogen-bond donors (Lipinski definition) is 0. The molecule has 0 saturated heterocycles. The Kier molecular flexibility index (Phi) is 2.86. The average Bonchev–Trinajstić information content (AvgIpc) is 3.00. The van der Waals surface area contributed by atoms with E-state index >= 15 is 0 Å². The molecule has 3 aromatic rings. The Morgan fingerprint density at radius 1 is 1.47 bits per heavy atom. The highest BCUT2D eigenvalue weighted by atomic mass is 32.2. The van der Waals surface area contributed by atoms with Crippen LogP contribution in [0.15, 0.2) is 40.4 Å². The van der Waals surface area contributed by atoms with Crippen LogP contribution >= 0.6 is 23.1 Å². The maximum atomic E-state index is 4.70. The first kappa shape index (κ1) is 10.8. The molecule has 5 heteroatoms. The highest BCUT2D eigenvalue weighted by molar-refractivity contribution is 7.99. The highest BCUT2D eigenvalue weighted by Crippen LogP contribution is 2.25. The summed E-state index contributed by atoms with van der Waals surface area (Å²) in [5.41, 5.74) is 3.12. The van der Waals surface area contributed by atoms with Gasteiger partial charge in [-0.15, -0.1) is 0 Å². The molecule has 3 heterocycles. The van der Waals surface area contributed by atoms with E-state index in [0.717, 1.165) is 22.3 Å². The number of hydrogen-bond acceptors (Lipinski definition) is 4. The van der Waals surface area contributed by atoms with Crippen molar-refractivity contribution in [1.82, 2.24) is 14.4 Å². The van der Waals surface area contributed by atoms with E-state index in [1.807, 2.05) is 22.9 Å². The van der Waals surface area contributed by atoms with Gasteiger partial charge in [0.15, 0.2) is 5.16 Å². The Bertz CT molecular complexity index is 628. The lowest BCUT2D eigenvalue weighted by molar-refractivity contribution is 0.908. The molecule has 0 bridgehead atoms. The van der Waals surface area contributed by atoms with E-state index in [9.17, 15) is 0 Å². The van der Waals surface area contributed by atoms with Crippen LogP contribution in [-0.4, -0.2) is 20.1 Å². The van der Waals surface area contributed by atoms with Gasteiger partial charge < -0.3 is 0 Å². The summed E-state index contributed by atoms with van der Waals surface area (Å²) in [7, 11) is 0. The maximum Gasteiger partial charge on any atom is 0.174 e. The summed E-state index contributed by atoms with van der Waals surface area (Å²) in [4.78, 5) is 9.04. The van der Waals surface area contributed by atoms with E-state index in [0.29, 0.717) is 0 Å². The minimum atomic E-state index is 0.956. The van der Waals surface area contributed by atoms with E-state index < -0.39 is 0 Å². The van der Waals surface area contributed by atoms with E-state index in [-0.39, 0.29) is 0 Å². The Morgan fingerprint density at radius 2 is 2.41 bits per heavy atom. The summed E-state index contributed by atoms with van der Waals surface area (Å²) in [5, 5.41) is 5.19. The molecule has 0 radical (unpaired) electrons. The predicted molar refractivity (Wildman–Crippen MR) is 72.7 cm³/mol. The summed E-state index contributed by atoms with van der Waals surface area (Å²) in [6, 6.07) is 4.12. The average molecular weight is 261 g/mol. The number of nitrogens with zero attached hydrogens (tertiary/aromatic N) is 3. The van der Waals surface area contributed by atoms with Crippen LogP contribution < -0.4 is 0 Å². The number of aromatic nitrogens is 3. The largest absolute Gasteiger partial charge is 0.279 e. The summed E-state index contributed by atoms with van der Waals surface area (Å²) in [6.45, 7) is 2.13. The number of thiophene rings is 1.